The van der Waals surface area contributed by atoms with Crippen LogP contribution in [0.2, 0.25) is 5.02 Å². The number of carbonyl (C=O) groups excluding carboxylic acids is 1. The molecule has 0 spiro atoms. The van der Waals surface area contributed by atoms with E-state index in [1.54, 1.807) is 0 Å². The summed E-state index contributed by atoms with van der Waals surface area (Å²) in [6, 6.07) is 16.3. The largest absolute Gasteiger partial charge is 0.349 e. The summed E-state index contributed by atoms with van der Waals surface area (Å²) in [5.41, 5.74) is 3.22. The molecule has 1 aromatic heterocycles. The van der Waals surface area contributed by atoms with Gasteiger partial charge in [-0.15, -0.1) is 0 Å². The standard InChI is InChI=1S/C23H26ClN3O/c1-27(17-10-3-2-4-11-17)15-16-9-5-7-13-19(16)26-23(28)22-21(24)18-12-6-8-14-20(18)25-22/h5-9,12-14,17,25H,2-4,10-11,15H2,1H3,(H,26,28). The first-order valence-electron chi connectivity index (χ1n) is 9.99. The third-order valence-electron chi connectivity index (χ3n) is 5.75. The van der Waals surface area contributed by atoms with Crippen LogP contribution >= 0.6 is 11.6 Å². The van der Waals surface area contributed by atoms with Crippen LogP contribution in [-0.4, -0.2) is 28.9 Å². The van der Waals surface area contributed by atoms with E-state index >= 15 is 0 Å². The molecule has 1 fully saturated rings. The maximum atomic E-state index is 12.9. The minimum Gasteiger partial charge on any atom is -0.349 e. The zero-order chi connectivity index (χ0) is 19.5. The van der Waals surface area contributed by atoms with Crippen LogP contribution in [0, 0.1) is 0 Å². The summed E-state index contributed by atoms with van der Waals surface area (Å²) in [4.78, 5) is 18.5. The number of carbonyl (C=O) groups is 1. The van der Waals surface area contributed by atoms with Crippen molar-refractivity contribution in [3.8, 4) is 0 Å². The first kappa shape index (κ1) is 19.0. The van der Waals surface area contributed by atoms with Gasteiger partial charge < -0.3 is 10.3 Å². The number of para-hydroxylation sites is 2. The lowest BCUT2D eigenvalue weighted by atomic mass is 9.94. The molecule has 1 heterocycles. The number of halogens is 1. The lowest BCUT2D eigenvalue weighted by Crippen LogP contribution is -2.33. The van der Waals surface area contributed by atoms with Crippen molar-refractivity contribution in [1.82, 2.24) is 9.88 Å². The molecule has 0 aliphatic heterocycles. The summed E-state index contributed by atoms with van der Waals surface area (Å²) in [6.07, 6.45) is 6.49. The van der Waals surface area contributed by atoms with Crippen molar-refractivity contribution >= 4 is 34.1 Å². The Hall–Kier alpha value is -2.30. The number of aromatic amines is 1. The Morgan fingerprint density at radius 2 is 1.82 bits per heavy atom. The number of aromatic nitrogens is 1. The lowest BCUT2D eigenvalue weighted by Gasteiger charge is -2.31. The Balaban J connectivity index is 1.53. The molecule has 3 aromatic rings. The van der Waals surface area contributed by atoms with Crippen LogP contribution in [0.5, 0.6) is 0 Å². The van der Waals surface area contributed by atoms with Gasteiger partial charge in [-0.05, 0) is 37.6 Å². The van der Waals surface area contributed by atoms with E-state index in [9.17, 15) is 4.79 Å². The van der Waals surface area contributed by atoms with E-state index in [2.05, 4.69) is 28.3 Å². The third-order valence-corrected chi connectivity index (χ3v) is 6.15. The summed E-state index contributed by atoms with van der Waals surface area (Å²) in [5, 5.41) is 4.38. The quantitative estimate of drug-likeness (QED) is 0.570. The number of benzene rings is 2. The Morgan fingerprint density at radius 3 is 2.61 bits per heavy atom. The minimum atomic E-state index is -0.214. The number of nitrogens with one attached hydrogen (secondary N) is 2. The van der Waals surface area contributed by atoms with Crippen LogP contribution in [-0.2, 0) is 6.54 Å². The highest BCUT2D eigenvalue weighted by Crippen LogP contribution is 2.29. The van der Waals surface area contributed by atoms with Crippen LogP contribution < -0.4 is 5.32 Å². The van der Waals surface area contributed by atoms with E-state index in [0.717, 1.165) is 28.7 Å². The molecule has 0 unspecified atom stereocenters. The molecular formula is C23H26ClN3O. The first-order chi connectivity index (χ1) is 13.6. The molecule has 28 heavy (non-hydrogen) atoms. The minimum absolute atomic E-state index is 0.214. The fourth-order valence-corrected chi connectivity index (χ4v) is 4.45. The van der Waals surface area contributed by atoms with E-state index < -0.39 is 0 Å². The average Bonchev–Trinajstić information content (AvgIpc) is 3.07. The summed E-state index contributed by atoms with van der Waals surface area (Å²) >= 11 is 6.44. The van der Waals surface area contributed by atoms with E-state index in [-0.39, 0.29) is 5.91 Å². The van der Waals surface area contributed by atoms with Crippen molar-refractivity contribution in [2.75, 3.05) is 12.4 Å². The second-order valence-corrected chi connectivity index (χ2v) is 8.06. The molecule has 4 nitrogen and oxygen atoms in total. The Morgan fingerprint density at radius 1 is 1.11 bits per heavy atom. The monoisotopic (exact) mass is 395 g/mol. The van der Waals surface area contributed by atoms with Gasteiger partial charge in [0.05, 0.1) is 5.02 Å². The molecule has 146 valence electrons. The number of hydrogen-bond donors (Lipinski definition) is 2. The first-order valence-corrected chi connectivity index (χ1v) is 10.4. The van der Waals surface area contributed by atoms with Crippen LogP contribution in [0.3, 0.4) is 0 Å². The fourth-order valence-electron chi connectivity index (χ4n) is 4.15. The van der Waals surface area contributed by atoms with Crippen molar-refractivity contribution in [3.63, 3.8) is 0 Å². The van der Waals surface area contributed by atoms with Gasteiger partial charge in [-0.2, -0.15) is 0 Å². The van der Waals surface area contributed by atoms with Gasteiger partial charge in [0.15, 0.2) is 0 Å². The molecule has 0 bridgehead atoms. The molecule has 2 aromatic carbocycles. The van der Waals surface area contributed by atoms with Gasteiger partial charge in [-0.25, -0.2) is 0 Å². The predicted octanol–water partition coefficient (Wildman–Crippen LogP) is 5.84. The van der Waals surface area contributed by atoms with Crippen LogP contribution in [0.1, 0.15) is 48.2 Å². The van der Waals surface area contributed by atoms with Crippen molar-refractivity contribution < 1.29 is 4.79 Å². The molecule has 1 aliphatic rings. The van der Waals surface area contributed by atoms with Crippen LogP contribution in [0.4, 0.5) is 5.69 Å². The second kappa shape index (κ2) is 8.38. The molecule has 4 rings (SSSR count). The summed E-state index contributed by atoms with van der Waals surface area (Å²) in [7, 11) is 2.18. The van der Waals surface area contributed by atoms with Crippen LogP contribution in [0.15, 0.2) is 48.5 Å². The SMILES string of the molecule is CN(Cc1ccccc1NC(=O)c1[nH]c2ccccc2c1Cl)C1CCCCC1. The molecule has 1 amide bonds. The number of rotatable bonds is 5. The highest BCUT2D eigenvalue weighted by molar-refractivity contribution is 6.39. The van der Waals surface area contributed by atoms with Gasteiger partial charge in [0.2, 0.25) is 0 Å². The van der Waals surface area contributed by atoms with Crippen molar-refractivity contribution in [2.45, 2.75) is 44.7 Å². The molecule has 5 heteroatoms. The summed E-state index contributed by atoms with van der Waals surface area (Å²) in [6.45, 7) is 0.821. The van der Waals surface area contributed by atoms with E-state index in [4.69, 9.17) is 11.6 Å². The van der Waals surface area contributed by atoms with E-state index in [0.29, 0.717) is 16.8 Å². The average molecular weight is 396 g/mol. The van der Waals surface area contributed by atoms with Gasteiger partial charge in [-0.1, -0.05) is 67.3 Å². The Kier molecular flexibility index (Phi) is 5.69. The number of nitrogens with zero attached hydrogens (tertiary/aromatic N) is 1. The van der Waals surface area contributed by atoms with Crippen molar-refractivity contribution in [3.05, 3.63) is 64.8 Å². The summed E-state index contributed by atoms with van der Waals surface area (Å²) < 4.78 is 0. The zero-order valence-electron chi connectivity index (χ0n) is 16.2. The highest BCUT2D eigenvalue weighted by Gasteiger charge is 2.20. The third kappa shape index (κ3) is 3.94. The normalized spacial score (nSPS) is 15.2. The number of amides is 1. The van der Waals surface area contributed by atoms with E-state index in [1.165, 1.54) is 32.1 Å². The van der Waals surface area contributed by atoms with Crippen LogP contribution in [0.25, 0.3) is 10.9 Å². The van der Waals surface area contributed by atoms with Gasteiger partial charge in [0.1, 0.15) is 5.69 Å². The predicted molar refractivity (Wildman–Crippen MR) is 116 cm³/mol. The second-order valence-electron chi connectivity index (χ2n) is 7.68. The Labute approximate surface area is 170 Å². The Bertz CT molecular complexity index is 975. The van der Waals surface area contributed by atoms with Crippen molar-refractivity contribution in [2.24, 2.45) is 0 Å². The highest BCUT2D eigenvalue weighted by atomic mass is 35.5. The summed E-state index contributed by atoms with van der Waals surface area (Å²) in [5.74, 6) is -0.214. The molecule has 1 saturated carbocycles. The molecule has 2 N–H and O–H groups in total. The number of anilines is 1. The van der Waals surface area contributed by atoms with Crippen molar-refractivity contribution in [1.29, 1.82) is 0 Å². The fraction of sp³-hybridized carbons (Fsp3) is 0.348. The van der Waals surface area contributed by atoms with Gasteiger partial charge >= 0.3 is 0 Å². The molecule has 0 radical (unpaired) electrons. The zero-order valence-corrected chi connectivity index (χ0v) is 16.9. The maximum absolute atomic E-state index is 12.9. The van der Waals surface area contributed by atoms with Gasteiger partial charge in [-0.3, -0.25) is 9.69 Å². The lowest BCUT2D eigenvalue weighted by molar-refractivity contribution is 0.102. The number of H-pyrrole nitrogens is 1. The topological polar surface area (TPSA) is 48.1 Å². The van der Waals surface area contributed by atoms with E-state index in [1.807, 2.05) is 42.5 Å². The van der Waals surface area contributed by atoms with Gasteiger partial charge in [0.25, 0.3) is 5.91 Å². The molecule has 1 aliphatic carbocycles. The molecular weight excluding hydrogens is 370 g/mol. The number of fused-ring (bicyclic) bond motifs is 1. The maximum Gasteiger partial charge on any atom is 0.273 e. The van der Waals surface area contributed by atoms with Gasteiger partial charge in [0, 0.05) is 29.2 Å². The smallest absolute Gasteiger partial charge is 0.273 e. The molecule has 0 atom stereocenters. The molecule has 0 saturated heterocycles. The number of hydrogen-bond acceptors (Lipinski definition) is 2.